The molecule has 0 spiro atoms. The molecule has 0 amide bonds. The highest BCUT2D eigenvalue weighted by Gasteiger charge is 2.19. The molecule has 7 nitrogen and oxygen atoms in total. The normalized spacial score (nSPS) is 11.4. The molecule has 0 saturated heterocycles. The minimum Gasteiger partial charge on any atom is -1.00 e. The third kappa shape index (κ3) is 13.1. The highest BCUT2D eigenvalue weighted by Crippen LogP contribution is 2.23. The van der Waals surface area contributed by atoms with Crippen molar-refractivity contribution in [2.45, 2.75) is 25.9 Å². The molecule has 0 unspecified atom stereocenters. The van der Waals surface area contributed by atoms with Gasteiger partial charge in [-0.2, -0.15) is 0 Å². The van der Waals surface area contributed by atoms with Crippen LogP contribution in [-0.4, -0.2) is 67.9 Å². The van der Waals surface area contributed by atoms with Gasteiger partial charge in [0.2, 0.25) is 0 Å². The summed E-state index contributed by atoms with van der Waals surface area (Å²) >= 11 is 0. The third-order valence-corrected chi connectivity index (χ3v) is 7.90. The number of quaternary nitrogens is 2. The van der Waals surface area contributed by atoms with Crippen LogP contribution in [0.25, 0.3) is 0 Å². The van der Waals surface area contributed by atoms with Gasteiger partial charge in [0.25, 0.3) is 0 Å². The second-order valence-corrected chi connectivity index (χ2v) is 12.8. The van der Waals surface area contributed by atoms with Crippen molar-refractivity contribution in [3.8, 4) is 0 Å². The van der Waals surface area contributed by atoms with Gasteiger partial charge in [-0.25, -0.2) is 9.13 Å². The Morgan fingerprint density at radius 3 is 1.56 bits per heavy atom. The van der Waals surface area contributed by atoms with Crippen molar-refractivity contribution < 1.29 is 50.8 Å². The number of hydrogen-bond donors (Lipinski definition) is 0. The lowest BCUT2D eigenvalue weighted by Crippen LogP contribution is -3.00. The highest BCUT2D eigenvalue weighted by atomic mass is 35.5. The Kier molecular flexibility index (Phi) is 16.8. The van der Waals surface area contributed by atoms with Crippen LogP contribution in [0.4, 0.5) is 17.3 Å². The van der Waals surface area contributed by atoms with Gasteiger partial charge in [0.15, 0.2) is 0 Å². The molecule has 0 aliphatic rings. The SMILES string of the molecule is Cn1cc[n+](C)c1N=Nc1ccc(N(CCC[N+](C)(C)Cc2ccccc2)CCC[N+](C)(C)Cc2ccccc2)cc1.[Cl-].[Cl-].[Cl-]. The summed E-state index contributed by atoms with van der Waals surface area (Å²) in [7, 11) is 13.3. The number of nitrogens with zero attached hydrogens (tertiary/aromatic N) is 7. The molecule has 0 saturated carbocycles. The van der Waals surface area contributed by atoms with Crippen molar-refractivity contribution in [1.29, 1.82) is 0 Å². The van der Waals surface area contributed by atoms with Crippen LogP contribution in [0.1, 0.15) is 24.0 Å². The van der Waals surface area contributed by atoms with E-state index in [1.165, 1.54) is 16.8 Å². The monoisotopic (exact) mass is 673 g/mol. The number of hydrogen-bond acceptors (Lipinski definition) is 3. The van der Waals surface area contributed by atoms with Crippen molar-refractivity contribution >= 4 is 17.3 Å². The molecule has 4 aromatic rings. The summed E-state index contributed by atoms with van der Waals surface area (Å²) in [5.74, 6) is 0.813. The van der Waals surface area contributed by atoms with Crippen LogP contribution in [0.2, 0.25) is 0 Å². The van der Waals surface area contributed by atoms with E-state index < -0.39 is 0 Å². The van der Waals surface area contributed by atoms with E-state index >= 15 is 0 Å². The molecule has 10 heteroatoms. The lowest BCUT2D eigenvalue weighted by molar-refractivity contribution is -0.903. The second kappa shape index (κ2) is 18.9. The average molecular weight is 675 g/mol. The fourth-order valence-corrected chi connectivity index (χ4v) is 5.62. The number of rotatable bonds is 15. The Morgan fingerprint density at radius 1 is 0.667 bits per heavy atom. The van der Waals surface area contributed by atoms with Crippen LogP contribution in [0.3, 0.4) is 0 Å². The molecule has 1 aromatic heterocycles. The number of imidazole rings is 1. The lowest BCUT2D eigenvalue weighted by atomic mass is 10.1. The van der Waals surface area contributed by atoms with E-state index in [0.29, 0.717) is 0 Å². The smallest absolute Gasteiger partial charge is 0.421 e. The summed E-state index contributed by atoms with van der Waals surface area (Å²) in [6.45, 7) is 6.41. The zero-order valence-electron chi connectivity index (χ0n) is 27.7. The minimum absolute atomic E-state index is 0. The Labute approximate surface area is 289 Å². The maximum Gasteiger partial charge on any atom is 0.421 e. The minimum atomic E-state index is 0. The number of benzene rings is 3. The third-order valence-electron chi connectivity index (χ3n) is 7.90. The first-order valence-electron chi connectivity index (χ1n) is 15.1. The predicted octanol–water partition coefficient (Wildman–Crippen LogP) is -2.58. The largest absolute Gasteiger partial charge is 1.00 e. The molecule has 0 atom stereocenters. The zero-order valence-corrected chi connectivity index (χ0v) is 29.9. The van der Waals surface area contributed by atoms with Crippen molar-refractivity contribution in [2.75, 3.05) is 59.3 Å². The summed E-state index contributed by atoms with van der Waals surface area (Å²) in [5.41, 5.74) is 4.90. The fraction of sp³-hybridized carbons (Fsp3) is 0.400. The lowest BCUT2D eigenvalue weighted by Gasteiger charge is -2.33. The van der Waals surface area contributed by atoms with Crippen LogP contribution >= 0.6 is 0 Å². The molecule has 4 rings (SSSR count). The molecule has 0 fully saturated rings. The molecule has 45 heavy (non-hydrogen) atoms. The topological polar surface area (TPSA) is 36.8 Å². The van der Waals surface area contributed by atoms with E-state index in [-0.39, 0.29) is 37.2 Å². The van der Waals surface area contributed by atoms with Crippen molar-refractivity contribution in [1.82, 2.24) is 4.57 Å². The maximum atomic E-state index is 4.50. The number of anilines is 1. The molecule has 0 bridgehead atoms. The van der Waals surface area contributed by atoms with E-state index in [0.717, 1.165) is 72.7 Å². The first-order valence-corrected chi connectivity index (χ1v) is 15.1. The first kappa shape index (κ1) is 40.1. The number of aryl methyl sites for hydroxylation is 2. The summed E-state index contributed by atoms with van der Waals surface area (Å²) in [5, 5.41) is 8.96. The quantitative estimate of drug-likeness (QED) is 0.0776. The van der Waals surface area contributed by atoms with Crippen molar-refractivity contribution in [3.63, 3.8) is 0 Å². The zero-order chi connectivity index (χ0) is 30.0. The summed E-state index contributed by atoms with van der Waals surface area (Å²) in [4.78, 5) is 2.56. The van der Waals surface area contributed by atoms with E-state index in [1.54, 1.807) is 0 Å². The van der Waals surface area contributed by atoms with Gasteiger partial charge in [0.05, 0.1) is 67.8 Å². The van der Waals surface area contributed by atoms with Gasteiger partial charge in [-0.15, -0.1) is 0 Å². The summed E-state index contributed by atoms with van der Waals surface area (Å²) in [6, 6.07) is 30.2. The van der Waals surface area contributed by atoms with Gasteiger partial charge in [-0.3, -0.25) is 0 Å². The van der Waals surface area contributed by atoms with Gasteiger partial charge in [0, 0.05) is 47.9 Å². The van der Waals surface area contributed by atoms with Crippen LogP contribution in [-0.2, 0) is 27.2 Å². The Hall–Kier alpha value is -2.94. The van der Waals surface area contributed by atoms with Crippen LogP contribution in [0, 0.1) is 0 Å². The average Bonchev–Trinajstić information content (AvgIpc) is 3.28. The summed E-state index contributed by atoms with van der Waals surface area (Å²) in [6.07, 6.45) is 6.23. The fourth-order valence-electron chi connectivity index (χ4n) is 5.62. The maximum absolute atomic E-state index is 4.50. The molecular formula is C35H50Cl3N7. The van der Waals surface area contributed by atoms with Gasteiger partial charge < -0.3 is 51.1 Å². The molecule has 0 aliphatic carbocycles. The van der Waals surface area contributed by atoms with Gasteiger partial charge in [-0.1, -0.05) is 65.8 Å². The van der Waals surface area contributed by atoms with Gasteiger partial charge in [-0.05, 0) is 24.3 Å². The Morgan fingerprint density at radius 2 is 1.13 bits per heavy atom. The molecule has 3 aromatic carbocycles. The van der Waals surface area contributed by atoms with E-state index in [9.17, 15) is 0 Å². The predicted molar refractivity (Wildman–Crippen MR) is 173 cm³/mol. The molecule has 0 aliphatic heterocycles. The van der Waals surface area contributed by atoms with Gasteiger partial charge in [0.1, 0.15) is 18.8 Å². The first-order chi connectivity index (χ1) is 20.1. The van der Waals surface area contributed by atoms with Crippen molar-refractivity contribution in [3.05, 3.63) is 108 Å². The van der Waals surface area contributed by atoms with Crippen molar-refractivity contribution in [2.24, 2.45) is 24.3 Å². The Bertz CT molecular complexity index is 1330. The van der Waals surface area contributed by atoms with E-state index in [1.807, 2.05) is 35.6 Å². The molecule has 1 heterocycles. The van der Waals surface area contributed by atoms with Crippen LogP contribution in [0.15, 0.2) is 108 Å². The molecular weight excluding hydrogens is 625 g/mol. The Balaban J connectivity index is 0.00000337. The van der Waals surface area contributed by atoms with Crippen LogP contribution < -0.4 is 46.7 Å². The summed E-state index contributed by atoms with van der Waals surface area (Å²) < 4.78 is 5.90. The van der Waals surface area contributed by atoms with Gasteiger partial charge >= 0.3 is 5.95 Å². The molecule has 0 radical (unpaired) electrons. The molecule has 246 valence electrons. The second-order valence-electron chi connectivity index (χ2n) is 12.8. The number of halogens is 3. The number of azo groups is 1. The molecule has 0 N–H and O–H groups in total. The van der Waals surface area contributed by atoms with E-state index in [4.69, 9.17) is 0 Å². The highest BCUT2D eigenvalue weighted by molar-refractivity contribution is 5.52. The van der Waals surface area contributed by atoms with Crippen LogP contribution in [0.5, 0.6) is 0 Å². The standard InChI is InChI=1S/C35H50N7.3ClH/c1-38-25-26-39(2)35(38)37-36-33-19-21-34(22-20-33)40(23-13-27-41(3,4)29-31-15-9-7-10-16-31)24-14-28-42(5,6)30-32-17-11-8-12-18-32;;;/h7-12,15-22,25-26H,13-14,23-24,27-30H2,1-6H3;3*1H/q+3;;;/p-3. The number of aromatic nitrogens is 2. The van der Waals surface area contributed by atoms with E-state index in [2.05, 4.69) is 128 Å².